The van der Waals surface area contributed by atoms with Gasteiger partial charge in [-0.1, -0.05) is 68.1 Å². The fraction of sp³-hybridized carbons (Fsp3) is 0.480. The standard InChI is InChI=1S/C25H31FN2O/c26-23-13-11-22(12-14-23)25(21-8-2-1-3-9-21)28-18-16-27(17-19-28)24(29)15-10-20-6-4-5-7-20/h1-3,8-9,11-14,20,25H,4-7,10,15-19H2/t25-/m0/s1. The van der Waals surface area contributed by atoms with Crippen LogP contribution in [0.1, 0.15) is 55.7 Å². The molecule has 0 unspecified atom stereocenters. The zero-order valence-electron chi connectivity index (χ0n) is 17.1. The van der Waals surface area contributed by atoms with Crippen molar-refractivity contribution < 1.29 is 9.18 Å². The van der Waals surface area contributed by atoms with Crippen LogP contribution in [-0.4, -0.2) is 41.9 Å². The number of rotatable bonds is 6. The molecule has 1 aliphatic carbocycles. The smallest absolute Gasteiger partial charge is 0.222 e. The molecule has 4 rings (SSSR count). The van der Waals surface area contributed by atoms with E-state index in [1.807, 2.05) is 23.1 Å². The molecule has 2 aromatic rings. The number of piperazine rings is 1. The lowest BCUT2D eigenvalue weighted by molar-refractivity contribution is -0.133. The Bertz CT molecular complexity index is 778. The molecule has 1 saturated carbocycles. The Morgan fingerprint density at radius 1 is 0.897 bits per heavy atom. The third kappa shape index (κ3) is 5.05. The minimum Gasteiger partial charge on any atom is -0.340 e. The van der Waals surface area contributed by atoms with Crippen molar-refractivity contribution in [2.24, 2.45) is 5.92 Å². The van der Waals surface area contributed by atoms with Crippen LogP contribution < -0.4 is 0 Å². The zero-order chi connectivity index (χ0) is 20.1. The first kappa shape index (κ1) is 20.1. The van der Waals surface area contributed by atoms with E-state index in [4.69, 9.17) is 0 Å². The third-order valence-corrected chi connectivity index (χ3v) is 6.57. The van der Waals surface area contributed by atoms with Gasteiger partial charge in [0.15, 0.2) is 0 Å². The Morgan fingerprint density at radius 3 is 2.17 bits per heavy atom. The molecule has 0 bridgehead atoms. The van der Waals surface area contributed by atoms with Gasteiger partial charge < -0.3 is 4.90 Å². The first-order chi connectivity index (χ1) is 14.2. The molecule has 154 valence electrons. The van der Waals surface area contributed by atoms with Crippen LogP contribution in [0.5, 0.6) is 0 Å². The van der Waals surface area contributed by atoms with Crippen molar-refractivity contribution in [3.63, 3.8) is 0 Å². The number of benzene rings is 2. The van der Waals surface area contributed by atoms with Crippen LogP contribution in [0.15, 0.2) is 54.6 Å². The van der Waals surface area contributed by atoms with E-state index in [2.05, 4.69) is 29.2 Å². The molecule has 2 aromatic carbocycles. The number of halogens is 1. The summed E-state index contributed by atoms with van der Waals surface area (Å²) in [5.41, 5.74) is 2.30. The van der Waals surface area contributed by atoms with Crippen molar-refractivity contribution in [1.82, 2.24) is 9.80 Å². The maximum absolute atomic E-state index is 13.5. The topological polar surface area (TPSA) is 23.6 Å². The van der Waals surface area contributed by atoms with Crippen LogP contribution in [0, 0.1) is 11.7 Å². The van der Waals surface area contributed by atoms with Gasteiger partial charge in [0.05, 0.1) is 6.04 Å². The van der Waals surface area contributed by atoms with Gasteiger partial charge >= 0.3 is 0 Å². The normalized spacial score (nSPS) is 19.4. The van der Waals surface area contributed by atoms with Crippen molar-refractivity contribution in [3.05, 3.63) is 71.5 Å². The van der Waals surface area contributed by atoms with Gasteiger partial charge in [-0.2, -0.15) is 0 Å². The van der Waals surface area contributed by atoms with Gasteiger partial charge in [0.2, 0.25) is 5.91 Å². The first-order valence-electron chi connectivity index (χ1n) is 11.0. The van der Waals surface area contributed by atoms with Crippen LogP contribution in [-0.2, 0) is 4.79 Å². The van der Waals surface area contributed by atoms with E-state index in [-0.39, 0.29) is 11.9 Å². The summed E-state index contributed by atoms with van der Waals surface area (Å²) in [6.07, 6.45) is 7.03. The Hall–Kier alpha value is -2.20. The Morgan fingerprint density at radius 2 is 1.52 bits per heavy atom. The second-order valence-electron chi connectivity index (χ2n) is 8.47. The maximum Gasteiger partial charge on any atom is 0.222 e. The van der Waals surface area contributed by atoms with Crippen LogP contribution in [0.4, 0.5) is 4.39 Å². The Kier molecular flexibility index (Phi) is 6.60. The molecular formula is C25H31FN2O. The van der Waals surface area contributed by atoms with Gasteiger partial charge in [0, 0.05) is 32.6 Å². The molecule has 1 atom stereocenters. The highest BCUT2D eigenvalue weighted by Gasteiger charge is 2.28. The van der Waals surface area contributed by atoms with Gasteiger partial charge in [-0.25, -0.2) is 4.39 Å². The van der Waals surface area contributed by atoms with Gasteiger partial charge in [0.1, 0.15) is 5.82 Å². The van der Waals surface area contributed by atoms with Crippen LogP contribution >= 0.6 is 0 Å². The third-order valence-electron chi connectivity index (χ3n) is 6.57. The number of amides is 1. The first-order valence-corrected chi connectivity index (χ1v) is 11.0. The van der Waals surface area contributed by atoms with E-state index in [0.29, 0.717) is 12.3 Å². The van der Waals surface area contributed by atoms with Crippen molar-refractivity contribution in [1.29, 1.82) is 0 Å². The highest BCUT2D eigenvalue weighted by atomic mass is 19.1. The molecule has 2 aliphatic rings. The molecule has 1 saturated heterocycles. The fourth-order valence-electron chi connectivity index (χ4n) is 4.91. The van der Waals surface area contributed by atoms with Gasteiger partial charge in [-0.15, -0.1) is 0 Å². The van der Waals surface area contributed by atoms with Gasteiger partial charge in [-0.3, -0.25) is 9.69 Å². The molecule has 1 heterocycles. The molecule has 4 heteroatoms. The molecule has 1 amide bonds. The van der Waals surface area contributed by atoms with E-state index in [0.717, 1.165) is 44.1 Å². The molecule has 0 spiro atoms. The SMILES string of the molecule is O=C(CCC1CCCC1)N1CCN([C@@H](c2ccccc2)c2ccc(F)cc2)CC1. The van der Waals surface area contributed by atoms with E-state index in [9.17, 15) is 9.18 Å². The second kappa shape index (κ2) is 9.53. The summed E-state index contributed by atoms with van der Waals surface area (Å²) in [4.78, 5) is 17.1. The summed E-state index contributed by atoms with van der Waals surface area (Å²) in [6.45, 7) is 3.22. The number of hydrogen-bond donors (Lipinski definition) is 0. The van der Waals surface area contributed by atoms with Crippen molar-refractivity contribution >= 4 is 5.91 Å². The Labute approximate surface area is 173 Å². The predicted molar refractivity (Wildman–Crippen MR) is 114 cm³/mol. The highest BCUT2D eigenvalue weighted by Crippen LogP contribution is 2.31. The average Bonchev–Trinajstić information content (AvgIpc) is 3.29. The molecule has 0 radical (unpaired) electrons. The van der Waals surface area contributed by atoms with E-state index in [1.165, 1.54) is 43.4 Å². The minimum atomic E-state index is -0.210. The van der Waals surface area contributed by atoms with E-state index in [1.54, 1.807) is 0 Å². The summed E-state index contributed by atoms with van der Waals surface area (Å²) in [6, 6.07) is 17.3. The van der Waals surface area contributed by atoms with E-state index < -0.39 is 0 Å². The Balaban J connectivity index is 1.40. The molecular weight excluding hydrogens is 363 g/mol. The summed E-state index contributed by atoms with van der Waals surface area (Å²) in [7, 11) is 0. The lowest BCUT2D eigenvalue weighted by Gasteiger charge is -2.40. The number of hydrogen-bond acceptors (Lipinski definition) is 2. The maximum atomic E-state index is 13.5. The second-order valence-corrected chi connectivity index (χ2v) is 8.47. The summed E-state index contributed by atoms with van der Waals surface area (Å²) in [5, 5.41) is 0. The largest absolute Gasteiger partial charge is 0.340 e. The van der Waals surface area contributed by atoms with Crippen molar-refractivity contribution in [2.45, 2.75) is 44.6 Å². The van der Waals surface area contributed by atoms with E-state index >= 15 is 0 Å². The monoisotopic (exact) mass is 394 g/mol. The molecule has 0 N–H and O–H groups in total. The zero-order valence-corrected chi connectivity index (χ0v) is 17.1. The minimum absolute atomic E-state index is 0.0903. The van der Waals surface area contributed by atoms with Crippen LogP contribution in [0.2, 0.25) is 0 Å². The average molecular weight is 395 g/mol. The summed E-state index contributed by atoms with van der Waals surface area (Å²) < 4.78 is 13.5. The molecule has 3 nitrogen and oxygen atoms in total. The molecule has 2 fully saturated rings. The fourth-order valence-corrected chi connectivity index (χ4v) is 4.91. The number of carbonyl (C=O) groups excluding carboxylic acids is 1. The predicted octanol–water partition coefficient (Wildman–Crippen LogP) is 5.03. The highest BCUT2D eigenvalue weighted by molar-refractivity contribution is 5.76. The molecule has 0 aromatic heterocycles. The number of nitrogens with zero attached hydrogens (tertiary/aromatic N) is 2. The van der Waals surface area contributed by atoms with Crippen LogP contribution in [0.25, 0.3) is 0 Å². The van der Waals surface area contributed by atoms with Gasteiger partial charge in [0.25, 0.3) is 0 Å². The number of carbonyl (C=O) groups is 1. The van der Waals surface area contributed by atoms with Crippen LogP contribution in [0.3, 0.4) is 0 Å². The summed E-state index contributed by atoms with van der Waals surface area (Å²) >= 11 is 0. The molecule has 1 aliphatic heterocycles. The lowest BCUT2D eigenvalue weighted by atomic mass is 9.96. The van der Waals surface area contributed by atoms with Crippen molar-refractivity contribution in [3.8, 4) is 0 Å². The quantitative estimate of drug-likeness (QED) is 0.686. The van der Waals surface area contributed by atoms with Crippen molar-refractivity contribution in [2.75, 3.05) is 26.2 Å². The molecule has 29 heavy (non-hydrogen) atoms. The summed E-state index contributed by atoms with van der Waals surface area (Å²) in [5.74, 6) is 0.869. The lowest BCUT2D eigenvalue weighted by Crippen LogP contribution is -2.49. The van der Waals surface area contributed by atoms with Gasteiger partial charge in [-0.05, 0) is 35.6 Å².